The molecule has 4 nitrogen and oxygen atoms in total. The summed E-state index contributed by atoms with van der Waals surface area (Å²) in [6, 6.07) is 12.1. The first kappa shape index (κ1) is 15.6. The van der Waals surface area contributed by atoms with Crippen LogP contribution in [0.25, 0.3) is 0 Å². The number of amides is 1. The van der Waals surface area contributed by atoms with Gasteiger partial charge in [0.15, 0.2) is 0 Å². The molecule has 0 bridgehead atoms. The smallest absolute Gasteiger partial charge is 0.250 e. The molecule has 2 aromatic carbocycles. The van der Waals surface area contributed by atoms with Gasteiger partial charge < -0.3 is 15.8 Å². The van der Waals surface area contributed by atoms with Crippen LogP contribution in [-0.4, -0.2) is 12.5 Å². The molecule has 0 atom stereocenters. The van der Waals surface area contributed by atoms with Crippen molar-refractivity contribution in [1.29, 1.82) is 0 Å². The van der Waals surface area contributed by atoms with Crippen LogP contribution in [0, 0.1) is 0 Å². The van der Waals surface area contributed by atoms with Gasteiger partial charge in [0.2, 0.25) is 5.91 Å². The maximum atomic E-state index is 11.8. The maximum Gasteiger partial charge on any atom is 0.250 e. The van der Waals surface area contributed by atoms with Crippen molar-refractivity contribution < 1.29 is 9.53 Å². The molecule has 2 aromatic rings. The number of carbonyl (C=O) groups is 1. The Morgan fingerprint density at radius 2 is 1.86 bits per heavy atom. The Morgan fingerprint density at radius 3 is 2.57 bits per heavy atom. The summed E-state index contributed by atoms with van der Waals surface area (Å²) in [4.78, 5) is 11.8. The van der Waals surface area contributed by atoms with E-state index in [0.717, 1.165) is 5.56 Å². The summed E-state index contributed by atoms with van der Waals surface area (Å²) >= 11 is 11.7. The zero-order chi connectivity index (χ0) is 15.2. The molecule has 110 valence electrons. The van der Waals surface area contributed by atoms with Gasteiger partial charge in [0.1, 0.15) is 6.61 Å². The van der Waals surface area contributed by atoms with Gasteiger partial charge in [-0.2, -0.15) is 0 Å². The lowest BCUT2D eigenvalue weighted by atomic mass is 10.2. The minimum Gasteiger partial charge on any atom is -0.399 e. The van der Waals surface area contributed by atoms with E-state index >= 15 is 0 Å². The molecule has 0 aliphatic heterocycles. The monoisotopic (exact) mass is 324 g/mol. The van der Waals surface area contributed by atoms with Gasteiger partial charge in [-0.3, -0.25) is 4.79 Å². The predicted molar refractivity (Wildman–Crippen MR) is 85.6 cm³/mol. The molecular formula is C15H14Cl2N2O2. The van der Waals surface area contributed by atoms with E-state index in [1.54, 1.807) is 30.3 Å². The fraction of sp³-hybridized carbons (Fsp3) is 0.133. The number of anilines is 2. The fourth-order valence-corrected chi connectivity index (χ4v) is 1.96. The molecule has 2 rings (SSSR count). The van der Waals surface area contributed by atoms with E-state index in [2.05, 4.69) is 5.32 Å². The van der Waals surface area contributed by atoms with Crippen molar-refractivity contribution in [3.8, 4) is 0 Å². The summed E-state index contributed by atoms with van der Waals surface area (Å²) in [7, 11) is 0. The molecule has 3 N–H and O–H groups in total. The number of ether oxygens (including phenoxy) is 1. The number of benzene rings is 2. The number of nitrogens with one attached hydrogen (secondary N) is 1. The van der Waals surface area contributed by atoms with E-state index in [0.29, 0.717) is 28.0 Å². The quantitative estimate of drug-likeness (QED) is 0.823. The lowest BCUT2D eigenvalue weighted by molar-refractivity contribution is -0.121. The summed E-state index contributed by atoms with van der Waals surface area (Å²) in [6.45, 7) is 0.253. The van der Waals surface area contributed by atoms with E-state index in [4.69, 9.17) is 33.7 Å². The van der Waals surface area contributed by atoms with E-state index < -0.39 is 0 Å². The Hall–Kier alpha value is -1.75. The van der Waals surface area contributed by atoms with Crippen molar-refractivity contribution in [2.24, 2.45) is 0 Å². The normalized spacial score (nSPS) is 10.4. The van der Waals surface area contributed by atoms with E-state index in [9.17, 15) is 4.79 Å². The van der Waals surface area contributed by atoms with Crippen LogP contribution in [-0.2, 0) is 16.1 Å². The van der Waals surface area contributed by atoms with Gasteiger partial charge in [-0.25, -0.2) is 0 Å². The second-order valence-electron chi connectivity index (χ2n) is 4.41. The van der Waals surface area contributed by atoms with Gasteiger partial charge in [0.05, 0.1) is 17.3 Å². The maximum absolute atomic E-state index is 11.8. The third-order valence-electron chi connectivity index (χ3n) is 2.68. The van der Waals surface area contributed by atoms with Gasteiger partial charge in [0.25, 0.3) is 0 Å². The fourth-order valence-electron chi connectivity index (χ4n) is 1.67. The largest absolute Gasteiger partial charge is 0.399 e. The van der Waals surface area contributed by atoms with Crippen molar-refractivity contribution in [2.45, 2.75) is 6.61 Å². The van der Waals surface area contributed by atoms with Crippen LogP contribution in [0.3, 0.4) is 0 Å². The number of hydrogen-bond acceptors (Lipinski definition) is 3. The number of rotatable bonds is 5. The zero-order valence-electron chi connectivity index (χ0n) is 11.1. The van der Waals surface area contributed by atoms with Crippen LogP contribution >= 0.6 is 23.2 Å². The molecular weight excluding hydrogens is 311 g/mol. The van der Waals surface area contributed by atoms with Gasteiger partial charge in [-0.05, 0) is 35.9 Å². The van der Waals surface area contributed by atoms with E-state index in [-0.39, 0.29) is 12.5 Å². The Balaban J connectivity index is 1.82. The average molecular weight is 325 g/mol. The minimum atomic E-state index is -0.295. The Bertz CT molecular complexity index is 630. The van der Waals surface area contributed by atoms with Gasteiger partial charge in [-0.1, -0.05) is 35.3 Å². The third-order valence-corrected chi connectivity index (χ3v) is 3.26. The van der Waals surface area contributed by atoms with Gasteiger partial charge in [0, 0.05) is 10.7 Å². The first-order chi connectivity index (χ1) is 10.0. The molecule has 1 amide bonds. The molecule has 0 radical (unpaired) electrons. The molecule has 0 unspecified atom stereocenters. The number of nitrogen functional groups attached to an aromatic ring is 1. The van der Waals surface area contributed by atoms with E-state index in [1.165, 1.54) is 0 Å². The second-order valence-corrected chi connectivity index (χ2v) is 5.25. The second kappa shape index (κ2) is 7.31. The molecule has 6 heteroatoms. The number of hydrogen-bond donors (Lipinski definition) is 2. The standard InChI is InChI=1S/C15H14Cl2N2O2/c16-11-3-1-10(2-4-11)8-21-9-15(20)19-14-7-12(18)5-6-13(14)17/h1-7H,8-9,18H2,(H,19,20). The molecule has 0 heterocycles. The number of halogens is 2. The van der Waals surface area contributed by atoms with Crippen LogP contribution in [0.1, 0.15) is 5.56 Å². The van der Waals surface area contributed by atoms with Crippen molar-refractivity contribution >= 4 is 40.5 Å². The van der Waals surface area contributed by atoms with Crippen molar-refractivity contribution in [2.75, 3.05) is 17.7 Å². The third kappa shape index (κ3) is 4.93. The molecule has 21 heavy (non-hydrogen) atoms. The van der Waals surface area contributed by atoms with Crippen LogP contribution in [0.15, 0.2) is 42.5 Å². The molecule has 0 saturated carbocycles. The zero-order valence-corrected chi connectivity index (χ0v) is 12.6. The first-order valence-electron chi connectivity index (χ1n) is 6.21. The van der Waals surface area contributed by atoms with Gasteiger partial charge >= 0.3 is 0 Å². The SMILES string of the molecule is Nc1ccc(Cl)c(NC(=O)COCc2ccc(Cl)cc2)c1. The van der Waals surface area contributed by atoms with Crippen molar-refractivity contribution in [1.82, 2.24) is 0 Å². The Morgan fingerprint density at radius 1 is 1.14 bits per heavy atom. The molecule has 0 aliphatic rings. The summed E-state index contributed by atoms with van der Waals surface area (Å²) in [6.07, 6.45) is 0. The van der Waals surface area contributed by atoms with Crippen LogP contribution < -0.4 is 11.1 Å². The highest BCUT2D eigenvalue weighted by molar-refractivity contribution is 6.33. The highest BCUT2D eigenvalue weighted by atomic mass is 35.5. The Labute approximate surface area is 132 Å². The summed E-state index contributed by atoms with van der Waals surface area (Å²) in [5.74, 6) is -0.295. The van der Waals surface area contributed by atoms with Crippen LogP contribution in [0.2, 0.25) is 10.0 Å². The topological polar surface area (TPSA) is 64.3 Å². The van der Waals surface area contributed by atoms with Crippen LogP contribution in [0.5, 0.6) is 0 Å². The lowest BCUT2D eigenvalue weighted by Crippen LogP contribution is -2.18. The van der Waals surface area contributed by atoms with E-state index in [1.807, 2.05) is 12.1 Å². The molecule has 0 spiro atoms. The highest BCUT2D eigenvalue weighted by Gasteiger charge is 2.06. The van der Waals surface area contributed by atoms with Gasteiger partial charge in [-0.15, -0.1) is 0 Å². The van der Waals surface area contributed by atoms with Crippen molar-refractivity contribution in [3.05, 3.63) is 58.1 Å². The Kier molecular flexibility index (Phi) is 5.44. The first-order valence-corrected chi connectivity index (χ1v) is 6.97. The average Bonchev–Trinajstić information content (AvgIpc) is 2.45. The predicted octanol–water partition coefficient (Wildman–Crippen LogP) is 3.73. The number of nitrogens with two attached hydrogens (primary N) is 1. The molecule has 0 fully saturated rings. The molecule has 0 aliphatic carbocycles. The lowest BCUT2D eigenvalue weighted by Gasteiger charge is -2.08. The number of carbonyl (C=O) groups excluding carboxylic acids is 1. The summed E-state index contributed by atoms with van der Waals surface area (Å²) in [5.41, 5.74) is 7.57. The van der Waals surface area contributed by atoms with Crippen LogP contribution in [0.4, 0.5) is 11.4 Å². The molecule has 0 aromatic heterocycles. The van der Waals surface area contributed by atoms with Crippen molar-refractivity contribution in [3.63, 3.8) is 0 Å². The highest BCUT2D eigenvalue weighted by Crippen LogP contribution is 2.23. The molecule has 0 saturated heterocycles. The minimum absolute atomic E-state index is 0.0756. The summed E-state index contributed by atoms with van der Waals surface area (Å²) in [5, 5.41) is 3.74. The summed E-state index contributed by atoms with van der Waals surface area (Å²) < 4.78 is 5.33.